The number of rotatable bonds is 3. The number of aromatic nitrogens is 2. The van der Waals surface area contributed by atoms with E-state index in [2.05, 4.69) is 146 Å². The van der Waals surface area contributed by atoms with Crippen LogP contribution in [-0.4, -0.2) is 10.7 Å². The van der Waals surface area contributed by atoms with E-state index in [1.54, 1.807) is 0 Å². The van der Waals surface area contributed by atoms with Gasteiger partial charge in [-0.2, -0.15) is 10.9 Å². The number of aryl methyl sites for hydroxylation is 11. The van der Waals surface area contributed by atoms with E-state index in [0.29, 0.717) is 0 Å². The van der Waals surface area contributed by atoms with Crippen LogP contribution in [0, 0.1) is 76.2 Å². The van der Waals surface area contributed by atoms with Crippen molar-refractivity contribution in [2.45, 2.75) is 82.5 Å². The molecule has 2 heterocycles. The van der Waals surface area contributed by atoms with Crippen molar-refractivity contribution in [2.75, 3.05) is 0 Å². The summed E-state index contributed by atoms with van der Waals surface area (Å²) in [6.07, 6.45) is 4.22. The van der Waals surface area contributed by atoms with Gasteiger partial charge in [-0.1, -0.05) is 93.0 Å². The summed E-state index contributed by atoms with van der Waals surface area (Å²) in [7, 11) is 0. The van der Waals surface area contributed by atoms with Crippen LogP contribution in [-0.2, 0) is 6.32 Å². The predicted octanol–water partition coefficient (Wildman–Crippen LogP) is 6.71. The van der Waals surface area contributed by atoms with Crippen molar-refractivity contribution in [3.63, 3.8) is 0 Å². The van der Waals surface area contributed by atoms with Crippen molar-refractivity contribution in [1.82, 2.24) is 4.57 Å². The molecule has 0 bridgehead atoms. The highest BCUT2D eigenvalue weighted by Crippen LogP contribution is 2.32. The van der Waals surface area contributed by atoms with Gasteiger partial charge in [-0.05, 0) is 98.4 Å². The summed E-state index contributed by atoms with van der Waals surface area (Å²) < 4.78 is 5.12. The van der Waals surface area contributed by atoms with Crippen LogP contribution in [0.25, 0.3) is 11.4 Å². The molecular formula is C39H45BN2. The third-order valence-electron chi connectivity index (χ3n) is 9.93. The van der Waals surface area contributed by atoms with Crippen molar-refractivity contribution >= 4 is 22.8 Å². The maximum atomic E-state index is 2.56. The minimum absolute atomic E-state index is 0.974. The van der Waals surface area contributed by atoms with Crippen LogP contribution in [0.4, 0.5) is 0 Å². The number of nitrogens with zero attached hydrogens (tertiary/aromatic N) is 2. The first kappa shape index (κ1) is 28.3. The fraction of sp³-hybridized carbons (Fsp3) is 0.308. The standard InChI is InChI=1S/C39H45BN2/c1-23-14-27(5)35(28(6)15-23)40(36-29(7)16-24(2)17-30(36)8)22-34-21-26(4)20-33(11)38(34)42-13-12-41(39(40)42)37-31(9)18-25(3)19-32(37)10/h12-21H,22H2,1-11H3. The van der Waals surface area contributed by atoms with Crippen LogP contribution < -0.4 is 21.2 Å². The van der Waals surface area contributed by atoms with Crippen molar-refractivity contribution < 1.29 is 4.57 Å². The van der Waals surface area contributed by atoms with Gasteiger partial charge in [0.15, 0.2) is 6.15 Å². The van der Waals surface area contributed by atoms with E-state index in [-0.39, 0.29) is 0 Å². The van der Waals surface area contributed by atoms with E-state index in [1.807, 2.05) is 0 Å². The first-order valence-electron chi connectivity index (χ1n) is 15.5. The zero-order valence-electron chi connectivity index (χ0n) is 27.5. The molecule has 214 valence electrons. The number of fused-ring (bicyclic) bond motifs is 3. The number of hydrogen-bond donors (Lipinski definition) is 0. The molecule has 5 aromatic rings. The molecular weight excluding hydrogens is 507 g/mol. The molecule has 0 radical (unpaired) electrons. The van der Waals surface area contributed by atoms with Crippen LogP contribution in [0.15, 0.2) is 60.9 Å². The van der Waals surface area contributed by atoms with E-state index in [4.69, 9.17) is 0 Å². The molecule has 0 saturated heterocycles. The summed E-state index contributed by atoms with van der Waals surface area (Å²) in [6, 6.07) is 19.1. The van der Waals surface area contributed by atoms with E-state index in [1.165, 1.54) is 94.8 Å². The van der Waals surface area contributed by atoms with Crippen molar-refractivity contribution in [3.05, 3.63) is 128 Å². The molecule has 4 aromatic carbocycles. The molecule has 0 amide bonds. The van der Waals surface area contributed by atoms with Gasteiger partial charge in [0.05, 0.1) is 5.72 Å². The summed E-state index contributed by atoms with van der Waals surface area (Å²) in [5, 5.41) is 0. The van der Waals surface area contributed by atoms with E-state index < -0.39 is 6.15 Å². The zero-order valence-corrected chi connectivity index (χ0v) is 27.5. The number of benzene rings is 4. The summed E-state index contributed by atoms with van der Waals surface area (Å²) in [6.45, 7) is 25.1. The summed E-state index contributed by atoms with van der Waals surface area (Å²) in [5.74, 6) is 0. The molecule has 0 unspecified atom stereocenters. The fourth-order valence-corrected chi connectivity index (χ4v) is 9.32. The molecule has 2 nitrogen and oxygen atoms in total. The van der Waals surface area contributed by atoms with Gasteiger partial charge >= 0.3 is 0 Å². The highest BCUT2D eigenvalue weighted by Gasteiger charge is 2.48. The Morgan fingerprint density at radius 1 is 0.524 bits per heavy atom. The Balaban J connectivity index is 1.89. The lowest BCUT2D eigenvalue weighted by molar-refractivity contribution is -0.577. The molecule has 0 saturated carbocycles. The molecule has 1 aliphatic rings. The van der Waals surface area contributed by atoms with Crippen LogP contribution in [0.5, 0.6) is 0 Å². The van der Waals surface area contributed by atoms with E-state index in [0.717, 1.165) is 6.32 Å². The van der Waals surface area contributed by atoms with Crippen LogP contribution in [0.2, 0.25) is 0 Å². The summed E-state index contributed by atoms with van der Waals surface area (Å²) >= 11 is 0. The van der Waals surface area contributed by atoms with Crippen molar-refractivity contribution in [2.24, 2.45) is 0 Å². The Morgan fingerprint density at radius 2 is 0.929 bits per heavy atom. The largest absolute Gasteiger partial charge is 0.235 e. The maximum absolute atomic E-state index is 2.56. The summed E-state index contributed by atoms with van der Waals surface area (Å²) in [4.78, 5) is 0. The quantitative estimate of drug-likeness (QED) is 0.174. The molecule has 0 N–H and O–H groups in total. The van der Waals surface area contributed by atoms with Gasteiger partial charge in [0.25, 0.3) is 0 Å². The zero-order chi connectivity index (χ0) is 30.2. The smallest absolute Gasteiger partial charge is 0.181 e. The minimum atomic E-state index is -1.43. The van der Waals surface area contributed by atoms with E-state index >= 15 is 0 Å². The van der Waals surface area contributed by atoms with Crippen molar-refractivity contribution in [1.29, 1.82) is 0 Å². The van der Waals surface area contributed by atoms with Gasteiger partial charge < -0.3 is 0 Å². The predicted molar refractivity (Wildman–Crippen MR) is 181 cm³/mol. The van der Waals surface area contributed by atoms with Crippen LogP contribution >= 0.6 is 0 Å². The second kappa shape index (κ2) is 9.87. The number of hydrogen-bond acceptors (Lipinski definition) is 0. The molecule has 1 aliphatic heterocycles. The Bertz CT molecular complexity index is 1790. The van der Waals surface area contributed by atoms with Gasteiger partial charge in [0.1, 0.15) is 23.8 Å². The Morgan fingerprint density at radius 3 is 1.40 bits per heavy atom. The molecule has 3 heteroatoms. The van der Waals surface area contributed by atoms with E-state index in [9.17, 15) is 0 Å². The minimum Gasteiger partial charge on any atom is -0.235 e. The van der Waals surface area contributed by atoms with Gasteiger partial charge in [-0.15, -0.1) is 6.32 Å². The molecule has 42 heavy (non-hydrogen) atoms. The highest BCUT2D eigenvalue weighted by molar-refractivity contribution is 7.11. The first-order valence-corrected chi connectivity index (χ1v) is 15.5. The van der Waals surface area contributed by atoms with Gasteiger partial charge in [0, 0.05) is 0 Å². The molecule has 0 spiro atoms. The Labute approximate surface area is 253 Å². The molecule has 0 aliphatic carbocycles. The van der Waals surface area contributed by atoms with Gasteiger partial charge in [-0.3, -0.25) is 0 Å². The third kappa shape index (κ3) is 4.12. The third-order valence-corrected chi connectivity index (χ3v) is 9.93. The molecule has 6 rings (SSSR count). The second-order valence-electron chi connectivity index (χ2n) is 13.6. The number of imidazole rings is 1. The normalized spacial score (nSPS) is 13.7. The molecule has 0 fully saturated rings. The molecule has 0 atom stereocenters. The Kier molecular flexibility index (Phi) is 6.65. The lowest BCUT2D eigenvalue weighted by Gasteiger charge is -2.46. The van der Waals surface area contributed by atoms with Crippen LogP contribution in [0.3, 0.4) is 0 Å². The SMILES string of the molecule is Cc1cc(C)c(-[n+]2ccn3c2[B-](c2c(C)cc(C)cc2C)(c2c(C)cc(C)cc2C)Cc2cc(C)cc(C)c2-3)c(C)c1. The molecule has 1 aromatic heterocycles. The average molecular weight is 553 g/mol. The van der Waals surface area contributed by atoms with Crippen molar-refractivity contribution in [3.8, 4) is 11.4 Å². The fourth-order valence-electron chi connectivity index (χ4n) is 9.32. The summed E-state index contributed by atoms with van der Waals surface area (Å²) in [5.41, 5.74) is 23.3. The lowest BCUT2D eigenvalue weighted by Crippen LogP contribution is -2.80. The lowest BCUT2D eigenvalue weighted by atomic mass is 9.13. The second-order valence-corrected chi connectivity index (χ2v) is 13.6. The Hall–Kier alpha value is -3.85. The van der Waals surface area contributed by atoms with Gasteiger partial charge in [0.2, 0.25) is 0 Å². The average Bonchev–Trinajstić information content (AvgIpc) is 3.26. The topological polar surface area (TPSA) is 8.81 Å². The first-order chi connectivity index (χ1) is 19.8. The monoisotopic (exact) mass is 552 g/mol. The van der Waals surface area contributed by atoms with Crippen LogP contribution in [0.1, 0.15) is 66.8 Å². The maximum Gasteiger partial charge on any atom is 0.181 e. The van der Waals surface area contributed by atoms with Gasteiger partial charge in [-0.25, -0.2) is 9.13 Å². The highest BCUT2D eigenvalue weighted by atomic mass is 15.2.